The van der Waals surface area contributed by atoms with Crippen LogP contribution in [0.3, 0.4) is 0 Å². The van der Waals surface area contributed by atoms with Gasteiger partial charge in [-0.1, -0.05) is 0 Å². The van der Waals surface area contributed by atoms with Crippen LogP contribution in [0.1, 0.15) is 0 Å². The maximum atomic E-state index is 10.9. The Kier molecular flexibility index (Phi) is 2.61. The summed E-state index contributed by atoms with van der Waals surface area (Å²) in [5.41, 5.74) is 1.19. The Labute approximate surface area is 77.5 Å². The first-order valence-electron chi connectivity index (χ1n) is 4.62. The van der Waals surface area contributed by atoms with Crippen LogP contribution in [0.4, 0.5) is 0 Å². The predicted octanol–water partition coefficient (Wildman–Crippen LogP) is -0.625. The second kappa shape index (κ2) is 3.89. The third-order valence-electron chi connectivity index (χ3n) is 2.36. The largest absolute Gasteiger partial charge is 0.379 e. The summed E-state index contributed by atoms with van der Waals surface area (Å²) in [6.45, 7) is 5.21. The van der Waals surface area contributed by atoms with E-state index in [1.165, 1.54) is 5.57 Å². The fourth-order valence-corrected chi connectivity index (χ4v) is 1.64. The van der Waals surface area contributed by atoms with Crippen molar-refractivity contribution in [3.05, 3.63) is 11.6 Å². The standard InChI is InChI=1S/C9H14N2O2/c12-9-5-8(6-10-9)7-11-1-3-13-4-2-11/h5H,1-4,6-7H2,(H,10,12). The molecule has 0 atom stereocenters. The lowest BCUT2D eigenvalue weighted by atomic mass is 10.2. The van der Waals surface area contributed by atoms with Gasteiger partial charge in [0.2, 0.25) is 5.91 Å². The highest BCUT2D eigenvalue weighted by atomic mass is 16.5. The number of carbonyl (C=O) groups excluding carboxylic acids is 1. The van der Waals surface area contributed by atoms with E-state index in [2.05, 4.69) is 10.2 Å². The van der Waals surface area contributed by atoms with Crippen LogP contribution in [0.5, 0.6) is 0 Å². The molecule has 0 spiro atoms. The maximum absolute atomic E-state index is 10.9. The number of amides is 1. The van der Waals surface area contributed by atoms with E-state index >= 15 is 0 Å². The normalized spacial score (nSPS) is 24.3. The van der Waals surface area contributed by atoms with Gasteiger partial charge >= 0.3 is 0 Å². The topological polar surface area (TPSA) is 41.6 Å². The summed E-state index contributed by atoms with van der Waals surface area (Å²) in [7, 11) is 0. The average Bonchev–Trinajstić information content (AvgIpc) is 2.53. The van der Waals surface area contributed by atoms with Crippen molar-refractivity contribution in [1.82, 2.24) is 10.2 Å². The minimum atomic E-state index is 0.0447. The quantitative estimate of drug-likeness (QED) is 0.618. The molecular weight excluding hydrogens is 168 g/mol. The molecule has 0 radical (unpaired) electrons. The second-order valence-electron chi connectivity index (χ2n) is 3.41. The molecule has 0 aliphatic carbocycles. The van der Waals surface area contributed by atoms with Gasteiger partial charge in [-0.15, -0.1) is 0 Å². The van der Waals surface area contributed by atoms with Gasteiger partial charge in [-0.25, -0.2) is 0 Å². The maximum Gasteiger partial charge on any atom is 0.244 e. The number of hydrogen-bond acceptors (Lipinski definition) is 3. The van der Waals surface area contributed by atoms with Gasteiger partial charge in [0.25, 0.3) is 0 Å². The monoisotopic (exact) mass is 182 g/mol. The van der Waals surface area contributed by atoms with Crippen molar-refractivity contribution in [3.63, 3.8) is 0 Å². The zero-order valence-electron chi connectivity index (χ0n) is 7.58. The molecule has 0 bridgehead atoms. The lowest BCUT2D eigenvalue weighted by Gasteiger charge is -2.26. The van der Waals surface area contributed by atoms with Crippen LogP contribution in [-0.4, -0.2) is 50.2 Å². The molecule has 4 heteroatoms. The average molecular weight is 182 g/mol. The summed E-state index contributed by atoms with van der Waals surface area (Å²) in [4.78, 5) is 13.2. The van der Waals surface area contributed by atoms with E-state index in [1.54, 1.807) is 6.08 Å². The summed E-state index contributed by atoms with van der Waals surface area (Å²) in [5, 5.41) is 2.77. The smallest absolute Gasteiger partial charge is 0.244 e. The van der Waals surface area contributed by atoms with E-state index in [0.29, 0.717) is 0 Å². The molecular formula is C9H14N2O2. The molecule has 2 heterocycles. The number of ether oxygens (including phenoxy) is 1. The highest BCUT2D eigenvalue weighted by molar-refractivity contribution is 5.91. The van der Waals surface area contributed by atoms with Crippen molar-refractivity contribution in [3.8, 4) is 0 Å². The highest BCUT2D eigenvalue weighted by Crippen LogP contribution is 2.05. The molecule has 2 aliphatic rings. The molecule has 1 fully saturated rings. The van der Waals surface area contributed by atoms with Gasteiger partial charge in [0.15, 0.2) is 0 Å². The number of carbonyl (C=O) groups is 1. The summed E-state index contributed by atoms with van der Waals surface area (Å²) < 4.78 is 5.24. The zero-order chi connectivity index (χ0) is 9.10. The molecule has 0 unspecified atom stereocenters. The SMILES string of the molecule is O=C1C=C(CN2CCOCC2)CN1. The molecule has 1 amide bonds. The van der Waals surface area contributed by atoms with Crippen LogP contribution in [0.2, 0.25) is 0 Å². The Balaban J connectivity index is 1.83. The highest BCUT2D eigenvalue weighted by Gasteiger charge is 2.15. The molecule has 0 saturated carbocycles. The lowest BCUT2D eigenvalue weighted by Crippen LogP contribution is -2.37. The third kappa shape index (κ3) is 2.29. The Bertz CT molecular complexity index is 232. The van der Waals surface area contributed by atoms with Crippen molar-refractivity contribution < 1.29 is 9.53 Å². The summed E-state index contributed by atoms with van der Waals surface area (Å²) in [6.07, 6.45) is 1.70. The second-order valence-corrected chi connectivity index (χ2v) is 3.41. The lowest BCUT2D eigenvalue weighted by molar-refractivity contribution is -0.115. The van der Waals surface area contributed by atoms with Gasteiger partial charge < -0.3 is 10.1 Å². The van der Waals surface area contributed by atoms with Gasteiger partial charge in [0, 0.05) is 32.3 Å². The van der Waals surface area contributed by atoms with Crippen LogP contribution < -0.4 is 5.32 Å². The molecule has 0 aromatic heterocycles. The Hall–Kier alpha value is -0.870. The Morgan fingerprint density at radius 3 is 2.85 bits per heavy atom. The van der Waals surface area contributed by atoms with E-state index in [4.69, 9.17) is 4.74 Å². The van der Waals surface area contributed by atoms with Crippen molar-refractivity contribution in [2.24, 2.45) is 0 Å². The summed E-state index contributed by atoms with van der Waals surface area (Å²) in [6, 6.07) is 0. The Morgan fingerprint density at radius 1 is 1.46 bits per heavy atom. The van der Waals surface area contributed by atoms with Crippen molar-refractivity contribution >= 4 is 5.91 Å². The summed E-state index contributed by atoms with van der Waals surface area (Å²) in [5.74, 6) is 0.0447. The number of nitrogens with one attached hydrogen (secondary N) is 1. The summed E-state index contributed by atoms with van der Waals surface area (Å²) >= 11 is 0. The molecule has 2 rings (SSSR count). The molecule has 0 aromatic rings. The van der Waals surface area contributed by atoms with Crippen LogP contribution in [0.25, 0.3) is 0 Å². The molecule has 4 nitrogen and oxygen atoms in total. The van der Waals surface area contributed by atoms with E-state index in [-0.39, 0.29) is 5.91 Å². The molecule has 1 saturated heterocycles. The van der Waals surface area contributed by atoms with E-state index < -0.39 is 0 Å². The Morgan fingerprint density at radius 2 is 2.23 bits per heavy atom. The molecule has 0 aromatic carbocycles. The van der Waals surface area contributed by atoms with Gasteiger partial charge in [-0.05, 0) is 5.57 Å². The molecule has 1 N–H and O–H groups in total. The first kappa shape index (κ1) is 8.72. The van der Waals surface area contributed by atoms with Crippen molar-refractivity contribution in [2.75, 3.05) is 39.4 Å². The van der Waals surface area contributed by atoms with Gasteiger partial charge in [-0.2, -0.15) is 0 Å². The van der Waals surface area contributed by atoms with Crippen molar-refractivity contribution in [1.29, 1.82) is 0 Å². The first-order valence-corrected chi connectivity index (χ1v) is 4.62. The minimum absolute atomic E-state index is 0.0447. The van der Waals surface area contributed by atoms with Crippen LogP contribution >= 0.6 is 0 Å². The third-order valence-corrected chi connectivity index (χ3v) is 2.36. The van der Waals surface area contributed by atoms with E-state index in [0.717, 1.165) is 39.4 Å². The van der Waals surface area contributed by atoms with Crippen LogP contribution in [-0.2, 0) is 9.53 Å². The molecule has 72 valence electrons. The van der Waals surface area contributed by atoms with Crippen molar-refractivity contribution in [2.45, 2.75) is 0 Å². The van der Waals surface area contributed by atoms with Crippen LogP contribution in [0, 0.1) is 0 Å². The predicted molar refractivity (Wildman–Crippen MR) is 48.4 cm³/mol. The minimum Gasteiger partial charge on any atom is -0.379 e. The number of morpholine rings is 1. The van der Waals surface area contributed by atoms with Gasteiger partial charge in [0.05, 0.1) is 13.2 Å². The first-order chi connectivity index (χ1) is 6.34. The number of nitrogens with zero attached hydrogens (tertiary/aromatic N) is 1. The number of rotatable bonds is 2. The van der Waals surface area contributed by atoms with Gasteiger partial charge in [0.1, 0.15) is 0 Å². The van der Waals surface area contributed by atoms with Gasteiger partial charge in [-0.3, -0.25) is 9.69 Å². The fourth-order valence-electron chi connectivity index (χ4n) is 1.64. The molecule has 13 heavy (non-hydrogen) atoms. The van der Waals surface area contributed by atoms with E-state index in [1.807, 2.05) is 0 Å². The fraction of sp³-hybridized carbons (Fsp3) is 0.667. The zero-order valence-corrected chi connectivity index (χ0v) is 7.58. The van der Waals surface area contributed by atoms with Crippen LogP contribution in [0.15, 0.2) is 11.6 Å². The number of hydrogen-bond donors (Lipinski definition) is 1. The van der Waals surface area contributed by atoms with E-state index in [9.17, 15) is 4.79 Å². The molecule has 2 aliphatic heterocycles.